The van der Waals surface area contributed by atoms with Crippen LogP contribution in [0, 0.1) is 0 Å². The summed E-state index contributed by atoms with van der Waals surface area (Å²) in [6.07, 6.45) is 1.48. The molecule has 2 aromatic heterocycles. The number of pyridine rings is 1. The first-order chi connectivity index (χ1) is 15.4. The van der Waals surface area contributed by atoms with Gasteiger partial charge in [-0.1, -0.05) is 54.1 Å². The molecule has 7 nitrogen and oxygen atoms in total. The fourth-order valence-electron chi connectivity index (χ4n) is 3.69. The molecule has 0 bridgehead atoms. The first-order valence-electron chi connectivity index (χ1n) is 9.52. The summed E-state index contributed by atoms with van der Waals surface area (Å²) in [5.41, 5.74) is -0.464. The van der Waals surface area contributed by atoms with Crippen LogP contribution >= 0.6 is 11.6 Å². The van der Waals surface area contributed by atoms with Crippen molar-refractivity contribution in [3.63, 3.8) is 0 Å². The fraction of sp³-hybridized carbons (Fsp3) is 0. The Labute approximate surface area is 187 Å². The van der Waals surface area contributed by atoms with Crippen LogP contribution in [0.5, 0.6) is 0 Å². The van der Waals surface area contributed by atoms with Crippen LogP contribution in [0.25, 0.3) is 21.9 Å². The number of imidazole rings is 1. The summed E-state index contributed by atoms with van der Waals surface area (Å²) in [6.45, 7) is 0. The third-order valence-electron chi connectivity index (χ3n) is 5.13. The molecule has 0 spiro atoms. The van der Waals surface area contributed by atoms with E-state index in [1.165, 1.54) is 36.5 Å². The molecule has 0 aliphatic rings. The van der Waals surface area contributed by atoms with Gasteiger partial charge in [0.15, 0.2) is 0 Å². The number of carbonyl (C=O) groups is 1. The molecular weight excluding hydrogens is 450 g/mol. The van der Waals surface area contributed by atoms with E-state index in [4.69, 9.17) is 11.6 Å². The Hall–Kier alpha value is -3.75. The molecule has 9 heteroatoms. The van der Waals surface area contributed by atoms with Gasteiger partial charge < -0.3 is 0 Å². The molecule has 32 heavy (non-hydrogen) atoms. The number of aromatic nitrogens is 3. The number of halogens is 1. The number of benzene rings is 3. The number of hydrogen-bond donors (Lipinski definition) is 0. The van der Waals surface area contributed by atoms with Crippen LogP contribution in [0.1, 0.15) is 10.4 Å². The van der Waals surface area contributed by atoms with Crippen molar-refractivity contribution < 1.29 is 13.2 Å². The maximum absolute atomic E-state index is 13.7. The summed E-state index contributed by atoms with van der Waals surface area (Å²) in [5.74, 6) is -0.721. The quantitative estimate of drug-likeness (QED) is 0.404. The lowest BCUT2D eigenvalue weighted by Crippen LogP contribution is -2.33. The number of para-hydroxylation sites is 3. The molecule has 0 unspecified atom stereocenters. The van der Waals surface area contributed by atoms with Crippen LogP contribution in [0.15, 0.2) is 94.7 Å². The lowest BCUT2D eigenvalue weighted by molar-refractivity contribution is 0.0961. The van der Waals surface area contributed by atoms with E-state index in [1.807, 2.05) is 0 Å². The molecule has 5 rings (SSSR count). The Morgan fingerprint density at radius 1 is 0.844 bits per heavy atom. The van der Waals surface area contributed by atoms with Crippen molar-refractivity contribution >= 4 is 49.5 Å². The summed E-state index contributed by atoms with van der Waals surface area (Å²) in [6, 6.07) is 20.6. The lowest BCUT2D eigenvalue weighted by atomic mass is 10.2. The van der Waals surface area contributed by atoms with E-state index in [0.717, 1.165) is 4.57 Å². The largest absolute Gasteiger partial charge is 0.350 e. The summed E-state index contributed by atoms with van der Waals surface area (Å²) in [7, 11) is -4.39. The van der Waals surface area contributed by atoms with E-state index in [9.17, 15) is 18.0 Å². The molecule has 0 aliphatic heterocycles. The van der Waals surface area contributed by atoms with Gasteiger partial charge in [-0.2, -0.15) is 3.97 Å². The topological polar surface area (TPSA) is 91.0 Å². The van der Waals surface area contributed by atoms with Crippen molar-refractivity contribution in [1.82, 2.24) is 13.5 Å². The molecule has 0 saturated carbocycles. The van der Waals surface area contributed by atoms with Crippen LogP contribution in [0.4, 0.5) is 0 Å². The Morgan fingerprint density at radius 3 is 2.31 bits per heavy atom. The van der Waals surface area contributed by atoms with Gasteiger partial charge in [-0.05, 0) is 36.4 Å². The molecule has 0 fully saturated rings. The molecule has 0 atom stereocenters. The highest BCUT2D eigenvalue weighted by Crippen LogP contribution is 2.26. The molecule has 0 aliphatic carbocycles. The predicted octanol–water partition coefficient (Wildman–Crippen LogP) is 3.93. The van der Waals surface area contributed by atoms with Crippen LogP contribution in [0.2, 0.25) is 5.02 Å². The lowest BCUT2D eigenvalue weighted by Gasteiger charge is -2.08. The van der Waals surface area contributed by atoms with Gasteiger partial charge in [0.2, 0.25) is 0 Å². The maximum Gasteiger partial charge on any atom is 0.350 e. The minimum atomic E-state index is -4.39. The molecule has 0 amide bonds. The minimum absolute atomic E-state index is 0.0748. The number of rotatable bonds is 3. The molecule has 0 saturated heterocycles. The van der Waals surface area contributed by atoms with Crippen molar-refractivity contribution in [1.29, 1.82) is 0 Å². The van der Waals surface area contributed by atoms with Gasteiger partial charge in [0, 0.05) is 11.6 Å². The summed E-state index contributed by atoms with van der Waals surface area (Å²) < 4.78 is 28.9. The molecule has 3 aromatic carbocycles. The second-order valence-corrected chi connectivity index (χ2v) is 9.15. The third-order valence-corrected chi connectivity index (χ3v) is 7.18. The zero-order valence-corrected chi connectivity index (χ0v) is 17.9. The van der Waals surface area contributed by atoms with Gasteiger partial charge in [-0.15, -0.1) is 0 Å². The Balaban J connectivity index is 1.83. The normalized spacial score (nSPS) is 11.8. The summed E-state index contributed by atoms with van der Waals surface area (Å²) in [4.78, 5) is 30.7. The number of fused-ring (bicyclic) bond motifs is 2. The molecule has 0 radical (unpaired) electrons. The Bertz CT molecular complexity index is 1700. The van der Waals surface area contributed by atoms with Crippen molar-refractivity contribution in [2.75, 3.05) is 0 Å². The summed E-state index contributed by atoms with van der Waals surface area (Å²) >= 11 is 6.16. The molecule has 0 N–H and O–H groups in total. The fourth-order valence-corrected chi connectivity index (χ4v) is 5.47. The zero-order chi connectivity index (χ0) is 22.5. The van der Waals surface area contributed by atoms with Crippen LogP contribution in [-0.4, -0.2) is 27.8 Å². The van der Waals surface area contributed by atoms with Crippen molar-refractivity contribution in [2.24, 2.45) is 0 Å². The predicted molar refractivity (Wildman–Crippen MR) is 122 cm³/mol. The highest BCUT2D eigenvalue weighted by atomic mass is 35.5. The van der Waals surface area contributed by atoms with Gasteiger partial charge in [-0.3, -0.25) is 9.78 Å². The molecule has 5 aromatic rings. The van der Waals surface area contributed by atoms with E-state index in [-0.39, 0.29) is 32.0 Å². The highest BCUT2D eigenvalue weighted by molar-refractivity contribution is 7.90. The Morgan fingerprint density at radius 2 is 1.53 bits per heavy atom. The molecular formula is C23H14ClN3O4S. The molecule has 158 valence electrons. The van der Waals surface area contributed by atoms with Gasteiger partial charge in [-0.25, -0.2) is 17.8 Å². The van der Waals surface area contributed by atoms with Gasteiger partial charge in [0.25, 0.3) is 15.9 Å². The second-order valence-electron chi connectivity index (χ2n) is 6.99. The van der Waals surface area contributed by atoms with Crippen LogP contribution in [0.3, 0.4) is 0 Å². The van der Waals surface area contributed by atoms with Crippen molar-refractivity contribution in [2.45, 2.75) is 4.90 Å². The zero-order valence-electron chi connectivity index (χ0n) is 16.3. The third kappa shape index (κ3) is 2.96. The van der Waals surface area contributed by atoms with Gasteiger partial charge in [0.05, 0.1) is 27.1 Å². The van der Waals surface area contributed by atoms with E-state index < -0.39 is 21.6 Å². The van der Waals surface area contributed by atoms with Gasteiger partial charge in [0.1, 0.15) is 4.90 Å². The smallest absolute Gasteiger partial charge is 0.268 e. The number of carbonyl (C=O) groups excluding carboxylic acids is 1. The van der Waals surface area contributed by atoms with E-state index in [2.05, 4.69) is 4.98 Å². The average molecular weight is 464 g/mol. The SMILES string of the molecule is O=C(c1ccccc1Cl)n1c(=O)n(S(=O)(=O)c2cccc3cccnc23)c2ccccc21. The first kappa shape index (κ1) is 20.2. The Kier molecular flexibility index (Phi) is 4.69. The van der Waals surface area contributed by atoms with Crippen LogP contribution < -0.4 is 5.69 Å². The van der Waals surface area contributed by atoms with Gasteiger partial charge >= 0.3 is 5.69 Å². The molecule has 2 heterocycles. The second kappa shape index (κ2) is 7.44. The summed E-state index contributed by atoms with van der Waals surface area (Å²) in [5, 5.41) is 0.764. The van der Waals surface area contributed by atoms with Crippen LogP contribution in [-0.2, 0) is 10.0 Å². The standard InChI is InChI=1S/C23H14ClN3O4S/c24-17-10-2-1-9-16(17)22(28)26-18-11-3-4-12-19(18)27(23(26)29)32(30,31)20-13-5-7-15-8-6-14-25-21(15)20/h1-14H. The van der Waals surface area contributed by atoms with Crippen molar-refractivity contribution in [3.8, 4) is 0 Å². The van der Waals surface area contributed by atoms with E-state index in [0.29, 0.717) is 9.36 Å². The average Bonchev–Trinajstić information content (AvgIpc) is 3.11. The van der Waals surface area contributed by atoms with E-state index >= 15 is 0 Å². The number of nitrogens with zero attached hydrogens (tertiary/aromatic N) is 3. The van der Waals surface area contributed by atoms with Crippen molar-refractivity contribution in [3.05, 3.63) is 106 Å². The van der Waals surface area contributed by atoms with E-state index in [1.54, 1.807) is 48.5 Å². The minimum Gasteiger partial charge on any atom is -0.268 e. The monoisotopic (exact) mass is 463 g/mol. The number of hydrogen-bond acceptors (Lipinski definition) is 5. The highest BCUT2D eigenvalue weighted by Gasteiger charge is 2.29. The maximum atomic E-state index is 13.7. The first-order valence-corrected chi connectivity index (χ1v) is 11.3.